The van der Waals surface area contributed by atoms with Gasteiger partial charge in [0.25, 0.3) is 0 Å². The highest BCUT2D eigenvalue weighted by molar-refractivity contribution is 5.86. The Morgan fingerprint density at radius 3 is 2.03 bits per heavy atom. The molecule has 0 unspecified atom stereocenters. The number of halogens is 3. The molecule has 1 aliphatic rings. The summed E-state index contributed by atoms with van der Waals surface area (Å²) >= 11 is 0. The monoisotopic (exact) mass is 460 g/mol. The van der Waals surface area contributed by atoms with E-state index in [0.29, 0.717) is 31.7 Å². The van der Waals surface area contributed by atoms with Crippen molar-refractivity contribution in [1.82, 2.24) is 10.2 Å². The fourth-order valence-electron chi connectivity index (χ4n) is 3.25. The highest BCUT2D eigenvalue weighted by Crippen LogP contribution is 2.26. The Bertz CT molecular complexity index is 767. The first-order chi connectivity index (χ1) is 14.7. The lowest BCUT2D eigenvalue weighted by Crippen LogP contribution is -2.54. The topological polar surface area (TPSA) is 77.1 Å². The summed E-state index contributed by atoms with van der Waals surface area (Å²) in [4.78, 5) is 26.8. The van der Waals surface area contributed by atoms with Gasteiger partial charge in [-0.15, -0.1) is 13.2 Å². The Hall–Kier alpha value is -2.65. The summed E-state index contributed by atoms with van der Waals surface area (Å²) in [5.74, 6) is -0.196. The van der Waals surface area contributed by atoms with Gasteiger partial charge in [0.15, 0.2) is 0 Å². The summed E-state index contributed by atoms with van der Waals surface area (Å²) in [5.41, 5.74) is -0.665. The maximum Gasteiger partial charge on any atom is 0.573 e. The first-order valence-electron chi connectivity index (χ1n) is 10.5. The summed E-state index contributed by atoms with van der Waals surface area (Å²) in [7, 11) is 0. The molecule has 1 fully saturated rings. The maximum atomic E-state index is 13.0. The van der Waals surface area contributed by atoms with Gasteiger partial charge in [-0.2, -0.15) is 0 Å². The van der Waals surface area contributed by atoms with E-state index >= 15 is 0 Å². The molecule has 1 saturated heterocycles. The second-order valence-electron chi connectivity index (χ2n) is 9.03. The Balaban J connectivity index is 1.87. The molecule has 0 spiro atoms. The van der Waals surface area contributed by atoms with Gasteiger partial charge in [-0.3, -0.25) is 4.79 Å². The van der Waals surface area contributed by atoms with Crippen molar-refractivity contribution in [2.45, 2.75) is 71.6 Å². The van der Waals surface area contributed by atoms with E-state index in [9.17, 15) is 22.8 Å². The number of alkyl halides is 3. The van der Waals surface area contributed by atoms with Crippen molar-refractivity contribution >= 4 is 12.0 Å². The number of alkyl carbamates (subject to hydrolysis) is 1. The number of amides is 2. The van der Waals surface area contributed by atoms with Gasteiger partial charge in [0.05, 0.1) is 0 Å². The zero-order valence-electron chi connectivity index (χ0n) is 19.0. The van der Waals surface area contributed by atoms with E-state index < -0.39 is 24.1 Å². The van der Waals surface area contributed by atoms with Gasteiger partial charge in [0.1, 0.15) is 29.2 Å². The molecule has 0 aliphatic carbocycles. The molecule has 1 aromatic carbocycles. The van der Waals surface area contributed by atoms with E-state index in [1.807, 2.05) is 13.8 Å². The molecule has 7 nitrogen and oxygen atoms in total. The number of nitrogens with one attached hydrogen (secondary N) is 1. The van der Waals surface area contributed by atoms with Crippen LogP contribution in [-0.4, -0.2) is 54.1 Å². The number of hydrogen-bond acceptors (Lipinski definition) is 5. The molecule has 1 atom stereocenters. The van der Waals surface area contributed by atoms with Crippen LogP contribution in [-0.2, 0) is 9.53 Å². The van der Waals surface area contributed by atoms with Crippen molar-refractivity contribution in [1.29, 1.82) is 0 Å². The number of carbonyl (C=O) groups is 2. The van der Waals surface area contributed by atoms with Crippen LogP contribution in [0.2, 0.25) is 0 Å². The summed E-state index contributed by atoms with van der Waals surface area (Å²) < 4.78 is 51.7. The minimum Gasteiger partial charge on any atom is -0.490 e. The van der Waals surface area contributed by atoms with Crippen molar-refractivity contribution in [2.24, 2.45) is 5.92 Å². The lowest BCUT2D eigenvalue weighted by Gasteiger charge is -2.35. The lowest BCUT2D eigenvalue weighted by atomic mass is 10.0. The highest BCUT2D eigenvalue weighted by Gasteiger charge is 2.33. The second kappa shape index (κ2) is 10.3. The number of rotatable bonds is 6. The number of likely N-dealkylation sites (tertiary alicyclic amines) is 1. The first-order valence-corrected chi connectivity index (χ1v) is 10.5. The normalized spacial score (nSPS) is 16.5. The van der Waals surface area contributed by atoms with Crippen LogP contribution in [0.4, 0.5) is 18.0 Å². The predicted octanol–water partition coefficient (Wildman–Crippen LogP) is 4.50. The molecule has 1 heterocycles. The molecule has 0 aromatic heterocycles. The van der Waals surface area contributed by atoms with Crippen molar-refractivity contribution in [3.63, 3.8) is 0 Å². The minimum atomic E-state index is -4.74. The van der Waals surface area contributed by atoms with Gasteiger partial charge in [0.2, 0.25) is 5.91 Å². The standard InChI is InChI=1S/C22H31F3N2O5/c1-14(2)18(26-20(29)32-21(3,4)5)19(28)27-12-10-16(11-13-27)30-15-6-8-17(9-7-15)31-22(23,24)25/h6-9,14,16,18H,10-13H2,1-5H3,(H,26,29)/t18-/m0/s1. The number of piperidine rings is 1. The minimum absolute atomic E-state index is 0.124. The van der Waals surface area contributed by atoms with Crippen LogP contribution in [0.5, 0.6) is 11.5 Å². The fourth-order valence-corrected chi connectivity index (χ4v) is 3.25. The number of carbonyl (C=O) groups excluding carboxylic acids is 2. The Morgan fingerprint density at radius 2 is 1.56 bits per heavy atom. The molecule has 2 amide bonds. The van der Waals surface area contributed by atoms with Gasteiger partial charge in [-0.25, -0.2) is 4.79 Å². The van der Waals surface area contributed by atoms with Gasteiger partial charge < -0.3 is 24.4 Å². The Labute approximate surface area is 186 Å². The molecule has 180 valence electrons. The second-order valence-corrected chi connectivity index (χ2v) is 9.03. The smallest absolute Gasteiger partial charge is 0.490 e. The predicted molar refractivity (Wildman–Crippen MR) is 111 cm³/mol. The Kier molecular flexibility index (Phi) is 8.25. The Morgan fingerprint density at radius 1 is 1.03 bits per heavy atom. The van der Waals surface area contributed by atoms with Crippen LogP contribution in [0.15, 0.2) is 24.3 Å². The summed E-state index contributed by atoms with van der Waals surface area (Å²) in [5, 5.41) is 2.67. The van der Waals surface area contributed by atoms with Crippen molar-refractivity contribution < 1.29 is 37.0 Å². The lowest BCUT2D eigenvalue weighted by molar-refractivity contribution is -0.274. The molecule has 1 aromatic rings. The molecule has 10 heteroatoms. The molecule has 1 aliphatic heterocycles. The van der Waals surface area contributed by atoms with E-state index in [2.05, 4.69) is 10.1 Å². The molecular weight excluding hydrogens is 429 g/mol. The van der Waals surface area contributed by atoms with E-state index in [-0.39, 0.29) is 23.7 Å². The molecular formula is C22H31F3N2O5. The number of nitrogens with zero attached hydrogens (tertiary/aromatic N) is 1. The molecule has 32 heavy (non-hydrogen) atoms. The molecule has 0 radical (unpaired) electrons. The first kappa shape index (κ1) is 25.6. The van der Waals surface area contributed by atoms with Gasteiger partial charge in [-0.1, -0.05) is 13.8 Å². The third-order valence-electron chi connectivity index (χ3n) is 4.72. The number of hydrogen-bond donors (Lipinski definition) is 1. The van der Waals surface area contributed by atoms with Crippen molar-refractivity contribution in [3.8, 4) is 11.5 Å². The number of benzene rings is 1. The summed E-state index contributed by atoms with van der Waals surface area (Å²) in [6, 6.07) is 4.51. The third-order valence-corrected chi connectivity index (χ3v) is 4.72. The summed E-state index contributed by atoms with van der Waals surface area (Å²) in [6.07, 6.45) is -4.44. The van der Waals surface area contributed by atoms with E-state index in [1.165, 1.54) is 24.3 Å². The van der Waals surface area contributed by atoms with Crippen LogP contribution in [0, 0.1) is 5.92 Å². The maximum absolute atomic E-state index is 13.0. The average Bonchev–Trinajstić information content (AvgIpc) is 2.65. The van der Waals surface area contributed by atoms with E-state index in [4.69, 9.17) is 9.47 Å². The molecule has 2 rings (SSSR count). The summed E-state index contributed by atoms with van der Waals surface area (Å²) in [6.45, 7) is 9.83. The quantitative estimate of drug-likeness (QED) is 0.676. The van der Waals surface area contributed by atoms with Gasteiger partial charge >= 0.3 is 12.5 Å². The van der Waals surface area contributed by atoms with Crippen LogP contribution >= 0.6 is 0 Å². The van der Waals surface area contributed by atoms with Crippen molar-refractivity contribution in [3.05, 3.63) is 24.3 Å². The van der Waals surface area contributed by atoms with E-state index in [1.54, 1.807) is 25.7 Å². The largest absolute Gasteiger partial charge is 0.573 e. The van der Waals surface area contributed by atoms with Gasteiger partial charge in [0, 0.05) is 25.9 Å². The van der Waals surface area contributed by atoms with Crippen molar-refractivity contribution in [2.75, 3.05) is 13.1 Å². The SMILES string of the molecule is CC(C)[C@H](NC(=O)OC(C)(C)C)C(=O)N1CCC(Oc2ccc(OC(F)(F)F)cc2)CC1. The molecule has 1 N–H and O–H groups in total. The zero-order chi connectivity index (χ0) is 24.1. The fraction of sp³-hybridized carbons (Fsp3) is 0.636. The average molecular weight is 460 g/mol. The highest BCUT2D eigenvalue weighted by atomic mass is 19.4. The molecule has 0 saturated carbocycles. The van der Waals surface area contributed by atoms with Gasteiger partial charge in [-0.05, 0) is 51.0 Å². The third kappa shape index (κ3) is 8.47. The number of ether oxygens (including phenoxy) is 3. The van der Waals surface area contributed by atoms with Crippen LogP contribution in [0.1, 0.15) is 47.5 Å². The van der Waals surface area contributed by atoms with E-state index in [0.717, 1.165) is 0 Å². The van der Waals surface area contributed by atoms with Crippen LogP contribution in [0.3, 0.4) is 0 Å². The van der Waals surface area contributed by atoms with Crippen LogP contribution in [0.25, 0.3) is 0 Å². The van der Waals surface area contributed by atoms with Crippen LogP contribution < -0.4 is 14.8 Å². The molecule has 0 bridgehead atoms. The zero-order valence-corrected chi connectivity index (χ0v) is 19.0.